The first kappa shape index (κ1) is 9.48. The topological polar surface area (TPSA) is 75.6 Å². The van der Waals surface area contributed by atoms with Crippen molar-refractivity contribution in [1.29, 1.82) is 0 Å². The van der Waals surface area contributed by atoms with Crippen molar-refractivity contribution in [3.8, 4) is 0 Å². The van der Waals surface area contributed by atoms with Gasteiger partial charge in [-0.1, -0.05) is 0 Å². The van der Waals surface area contributed by atoms with Crippen molar-refractivity contribution in [1.82, 2.24) is 5.32 Å². The number of carbonyl (C=O) groups excluding carboxylic acids is 2. The van der Waals surface area contributed by atoms with E-state index in [2.05, 4.69) is 4.74 Å². The van der Waals surface area contributed by atoms with Crippen LogP contribution < -0.4 is 5.32 Å². The first-order valence-corrected chi connectivity index (χ1v) is 2.98. The lowest BCUT2D eigenvalue weighted by Crippen LogP contribution is -2.24. The second-order valence-electron chi connectivity index (χ2n) is 1.55. The molecule has 11 heavy (non-hydrogen) atoms. The summed E-state index contributed by atoms with van der Waals surface area (Å²) in [6, 6.07) is 0. The van der Waals surface area contributed by atoms with Gasteiger partial charge in [0.05, 0.1) is 6.61 Å². The van der Waals surface area contributed by atoms with Crippen LogP contribution in [-0.4, -0.2) is 24.1 Å². The Hall–Kier alpha value is -1.52. The summed E-state index contributed by atoms with van der Waals surface area (Å²) in [5.41, 5.74) is -0.233. The maximum atomic E-state index is 10.5. The molecule has 0 rings (SSSR count). The largest absolute Gasteiger partial charge is 0.513 e. The number of rotatable bonds is 3. The minimum absolute atomic E-state index is 0.212. The van der Waals surface area contributed by atoms with Crippen LogP contribution in [0, 0.1) is 0 Å². The summed E-state index contributed by atoms with van der Waals surface area (Å²) in [4.78, 5) is 20.5. The minimum atomic E-state index is -0.764. The van der Waals surface area contributed by atoms with Crippen molar-refractivity contribution in [2.75, 3.05) is 6.61 Å². The lowest BCUT2D eigenvalue weighted by atomic mass is 10.5. The summed E-state index contributed by atoms with van der Waals surface area (Å²) in [6.07, 6.45) is 0.0285. The average Bonchev–Trinajstić information content (AvgIpc) is 2.01. The molecule has 0 unspecified atom stereocenters. The number of alkyl carbamates (subject to hydrolysis) is 1. The van der Waals surface area contributed by atoms with E-state index in [0.29, 0.717) is 12.5 Å². The van der Waals surface area contributed by atoms with E-state index in [1.165, 1.54) is 0 Å². The first-order chi connectivity index (χ1) is 5.24. The molecule has 0 saturated carbocycles. The van der Waals surface area contributed by atoms with Crippen molar-refractivity contribution >= 4 is 12.4 Å². The third-order valence-corrected chi connectivity index (χ3v) is 0.788. The van der Waals surface area contributed by atoms with Crippen LogP contribution in [-0.2, 0) is 9.53 Å². The van der Waals surface area contributed by atoms with Crippen molar-refractivity contribution in [2.45, 2.75) is 6.92 Å². The zero-order chi connectivity index (χ0) is 8.69. The molecule has 0 atom stereocenters. The third-order valence-electron chi connectivity index (χ3n) is 0.788. The number of carbonyl (C=O) groups is 2. The molecule has 0 bridgehead atoms. The maximum absolute atomic E-state index is 10.5. The van der Waals surface area contributed by atoms with Gasteiger partial charge in [0.1, 0.15) is 12.0 Å². The van der Waals surface area contributed by atoms with Crippen molar-refractivity contribution in [3.05, 3.63) is 12.0 Å². The van der Waals surface area contributed by atoms with Gasteiger partial charge in [-0.25, -0.2) is 4.79 Å². The quantitative estimate of drug-likeness (QED) is 0.353. The molecule has 0 fully saturated rings. The molecule has 0 aliphatic heterocycles. The molecule has 0 aromatic carbocycles. The van der Waals surface area contributed by atoms with Crippen LogP contribution >= 0.6 is 0 Å². The van der Waals surface area contributed by atoms with Crippen molar-refractivity contribution in [3.63, 3.8) is 0 Å². The molecular weight excluding hydrogens is 150 g/mol. The maximum Gasteiger partial charge on any atom is 0.411 e. The number of aliphatic hydroxyl groups excluding tert-OH is 1. The lowest BCUT2D eigenvalue weighted by molar-refractivity contribution is -0.105. The zero-order valence-electron chi connectivity index (χ0n) is 6.03. The van der Waals surface area contributed by atoms with E-state index >= 15 is 0 Å². The monoisotopic (exact) mass is 159 g/mol. The number of allylic oxidation sites excluding steroid dienone is 1. The van der Waals surface area contributed by atoms with Gasteiger partial charge in [-0.05, 0) is 6.92 Å². The Morgan fingerprint density at radius 1 is 1.73 bits per heavy atom. The number of aldehydes is 1. The summed E-state index contributed by atoms with van der Waals surface area (Å²) in [7, 11) is 0. The third kappa shape index (κ3) is 3.96. The number of hydrogen-bond donors (Lipinski definition) is 2. The Kier molecular flexibility index (Phi) is 4.55. The summed E-state index contributed by atoms with van der Waals surface area (Å²) in [5.74, 6) is 0. The van der Waals surface area contributed by atoms with Gasteiger partial charge in [-0.3, -0.25) is 10.1 Å². The molecule has 2 N–H and O–H groups in total. The molecular formula is C6H9NO4. The van der Waals surface area contributed by atoms with Crippen LogP contribution in [0.4, 0.5) is 4.79 Å². The highest BCUT2D eigenvalue weighted by molar-refractivity contribution is 5.81. The average molecular weight is 159 g/mol. The van der Waals surface area contributed by atoms with Gasteiger partial charge in [0, 0.05) is 0 Å². The van der Waals surface area contributed by atoms with Gasteiger partial charge in [0.15, 0.2) is 6.29 Å². The smallest absolute Gasteiger partial charge is 0.411 e. The van der Waals surface area contributed by atoms with Crippen LogP contribution in [0.15, 0.2) is 12.0 Å². The highest BCUT2D eigenvalue weighted by Crippen LogP contribution is 1.83. The first-order valence-electron chi connectivity index (χ1n) is 2.98. The lowest BCUT2D eigenvalue weighted by Gasteiger charge is -2.01. The second-order valence-corrected chi connectivity index (χ2v) is 1.55. The SMILES string of the molecule is CCOC(=O)N/C(C=O)=C/O. The van der Waals surface area contributed by atoms with Crippen LogP contribution in [0.25, 0.3) is 0 Å². The zero-order valence-corrected chi connectivity index (χ0v) is 6.03. The van der Waals surface area contributed by atoms with E-state index in [1.54, 1.807) is 6.92 Å². The van der Waals surface area contributed by atoms with Crippen molar-refractivity contribution in [2.24, 2.45) is 0 Å². The van der Waals surface area contributed by atoms with E-state index in [9.17, 15) is 9.59 Å². The van der Waals surface area contributed by atoms with Crippen LogP contribution in [0.1, 0.15) is 6.92 Å². The number of amides is 1. The number of hydrogen-bond acceptors (Lipinski definition) is 4. The predicted molar refractivity (Wildman–Crippen MR) is 36.9 cm³/mol. The Labute approximate surface area is 63.7 Å². The van der Waals surface area contributed by atoms with Gasteiger partial charge < -0.3 is 9.84 Å². The second kappa shape index (κ2) is 5.28. The molecule has 0 heterocycles. The molecule has 5 nitrogen and oxygen atoms in total. The van der Waals surface area contributed by atoms with Gasteiger partial charge in [0.2, 0.25) is 0 Å². The molecule has 1 amide bonds. The summed E-state index contributed by atoms with van der Waals surface area (Å²) >= 11 is 0. The Morgan fingerprint density at radius 2 is 2.36 bits per heavy atom. The highest BCUT2D eigenvalue weighted by Gasteiger charge is 2.02. The summed E-state index contributed by atoms with van der Waals surface area (Å²) in [5, 5.41) is 10.3. The van der Waals surface area contributed by atoms with Gasteiger partial charge >= 0.3 is 6.09 Å². The molecule has 0 saturated heterocycles. The molecule has 0 aliphatic rings. The molecule has 0 spiro atoms. The summed E-state index contributed by atoms with van der Waals surface area (Å²) in [6.45, 7) is 1.84. The van der Waals surface area contributed by atoms with Crippen molar-refractivity contribution < 1.29 is 19.4 Å². The predicted octanol–water partition coefficient (Wildman–Crippen LogP) is 0.331. The fraction of sp³-hybridized carbons (Fsp3) is 0.333. The number of nitrogens with one attached hydrogen (secondary N) is 1. The van der Waals surface area contributed by atoms with Gasteiger partial charge in [0.25, 0.3) is 0 Å². The van der Waals surface area contributed by atoms with Crippen LogP contribution in [0.5, 0.6) is 0 Å². The van der Waals surface area contributed by atoms with Crippen LogP contribution in [0.2, 0.25) is 0 Å². The number of aliphatic hydroxyl groups is 1. The molecule has 62 valence electrons. The Balaban J connectivity index is 3.82. The fourth-order valence-corrected chi connectivity index (χ4v) is 0.377. The standard InChI is InChI=1S/C6H9NO4/c1-2-11-6(10)7-5(3-8)4-9/h3-4,8H,2H2,1H3,(H,7,10)/b5-3+. The van der Waals surface area contributed by atoms with Gasteiger partial charge in [-0.15, -0.1) is 0 Å². The van der Waals surface area contributed by atoms with E-state index < -0.39 is 6.09 Å². The Morgan fingerprint density at radius 3 is 2.73 bits per heavy atom. The highest BCUT2D eigenvalue weighted by atomic mass is 16.5. The van der Waals surface area contributed by atoms with E-state index in [1.807, 2.05) is 5.32 Å². The fourth-order valence-electron chi connectivity index (χ4n) is 0.377. The van der Waals surface area contributed by atoms with Crippen LogP contribution in [0.3, 0.4) is 0 Å². The molecule has 0 aliphatic carbocycles. The molecule has 0 aromatic rings. The molecule has 5 heteroatoms. The van der Waals surface area contributed by atoms with E-state index in [-0.39, 0.29) is 12.3 Å². The normalized spacial score (nSPS) is 10.5. The van der Waals surface area contributed by atoms with E-state index in [4.69, 9.17) is 5.11 Å². The van der Waals surface area contributed by atoms with Gasteiger partial charge in [-0.2, -0.15) is 0 Å². The van der Waals surface area contributed by atoms with E-state index in [0.717, 1.165) is 0 Å². The molecule has 0 aromatic heterocycles. The minimum Gasteiger partial charge on any atom is -0.513 e. The molecule has 0 radical (unpaired) electrons. The number of ether oxygens (including phenoxy) is 1. The Bertz CT molecular complexity index is 175. The summed E-state index contributed by atoms with van der Waals surface area (Å²) < 4.78 is 4.42.